The van der Waals surface area contributed by atoms with E-state index in [-0.39, 0.29) is 18.8 Å². The van der Waals surface area contributed by atoms with Gasteiger partial charge in [0, 0.05) is 30.0 Å². The summed E-state index contributed by atoms with van der Waals surface area (Å²) in [4.78, 5) is 10.4. The summed E-state index contributed by atoms with van der Waals surface area (Å²) < 4.78 is 2.07. The van der Waals surface area contributed by atoms with Crippen LogP contribution >= 0.6 is 11.6 Å². The van der Waals surface area contributed by atoms with Crippen LogP contribution in [-0.2, 0) is 11.3 Å². The number of halogens is 2. The molecule has 2 rings (SSSR count). The summed E-state index contributed by atoms with van der Waals surface area (Å²) >= 11 is 5.95. The van der Waals surface area contributed by atoms with E-state index in [0.717, 1.165) is 29.1 Å². The fourth-order valence-electron chi connectivity index (χ4n) is 2.10. The van der Waals surface area contributed by atoms with Gasteiger partial charge in [0.15, 0.2) is 12.4 Å². The molecule has 122 valence electrons. The van der Waals surface area contributed by atoms with Crippen molar-refractivity contribution in [2.45, 2.75) is 25.8 Å². The lowest BCUT2D eigenvalue weighted by Gasteiger charge is -1.98. The van der Waals surface area contributed by atoms with Gasteiger partial charge < -0.3 is 17.5 Å². The van der Waals surface area contributed by atoms with Gasteiger partial charge >= 0.3 is 5.97 Å². The standard InChI is InChI=1S/C18H18ClNO2.ClH/c19-17-5-3-4-16(14-17)8-7-15-9-12-20(13-10-15)11-2-1-6-18(21)22;/h3-5,7-10,12-14H,1-2,6,11H2;1H/b8-7-;. The van der Waals surface area contributed by atoms with Gasteiger partial charge in [0.25, 0.3) is 0 Å². The number of aromatic nitrogens is 1. The van der Waals surface area contributed by atoms with E-state index >= 15 is 0 Å². The van der Waals surface area contributed by atoms with Gasteiger partial charge in [0.05, 0.1) is 0 Å². The molecule has 1 N–H and O–H groups in total. The minimum Gasteiger partial charge on any atom is -1.00 e. The van der Waals surface area contributed by atoms with E-state index < -0.39 is 5.97 Å². The number of carboxylic acids is 1. The van der Waals surface area contributed by atoms with Crippen LogP contribution in [0.15, 0.2) is 48.8 Å². The Balaban J connectivity index is 0.00000264. The fourth-order valence-corrected chi connectivity index (χ4v) is 2.30. The molecule has 0 saturated carbocycles. The quantitative estimate of drug-likeness (QED) is 0.598. The van der Waals surface area contributed by atoms with Crippen LogP contribution in [0.3, 0.4) is 0 Å². The average Bonchev–Trinajstić information content (AvgIpc) is 2.51. The molecule has 0 spiro atoms. The van der Waals surface area contributed by atoms with Crippen LogP contribution in [0, 0.1) is 0 Å². The summed E-state index contributed by atoms with van der Waals surface area (Å²) in [7, 11) is 0. The highest BCUT2D eigenvalue weighted by Crippen LogP contribution is 2.13. The minimum atomic E-state index is -0.730. The maximum atomic E-state index is 10.4. The molecule has 0 atom stereocenters. The van der Waals surface area contributed by atoms with Crippen molar-refractivity contribution >= 4 is 29.7 Å². The Morgan fingerprint density at radius 3 is 2.43 bits per heavy atom. The molecule has 23 heavy (non-hydrogen) atoms. The topological polar surface area (TPSA) is 41.2 Å². The maximum Gasteiger partial charge on any atom is 0.303 e. The number of carbonyl (C=O) groups is 1. The highest BCUT2D eigenvalue weighted by Gasteiger charge is 2.02. The third-order valence-electron chi connectivity index (χ3n) is 3.29. The molecule has 2 aromatic rings. The Hall–Kier alpha value is -1.84. The first-order chi connectivity index (χ1) is 10.6. The molecule has 0 saturated heterocycles. The van der Waals surface area contributed by atoms with E-state index in [4.69, 9.17) is 16.7 Å². The van der Waals surface area contributed by atoms with Crippen molar-refractivity contribution in [3.63, 3.8) is 0 Å². The van der Waals surface area contributed by atoms with Gasteiger partial charge in [-0.15, -0.1) is 0 Å². The molecule has 0 aliphatic rings. The summed E-state index contributed by atoms with van der Waals surface area (Å²) in [6, 6.07) is 11.8. The van der Waals surface area contributed by atoms with Gasteiger partial charge in [-0.05, 0) is 29.7 Å². The first-order valence-electron chi connectivity index (χ1n) is 7.28. The predicted molar refractivity (Wildman–Crippen MR) is 88.5 cm³/mol. The summed E-state index contributed by atoms with van der Waals surface area (Å²) in [5.41, 5.74) is 2.18. The zero-order valence-corrected chi connectivity index (χ0v) is 14.2. The van der Waals surface area contributed by atoms with Crippen molar-refractivity contribution in [3.05, 3.63) is 64.9 Å². The van der Waals surface area contributed by atoms with Crippen molar-refractivity contribution in [1.29, 1.82) is 0 Å². The van der Waals surface area contributed by atoms with Crippen LogP contribution in [0.4, 0.5) is 0 Å². The second-order valence-electron chi connectivity index (χ2n) is 5.11. The first kappa shape index (κ1) is 19.2. The number of rotatable bonds is 7. The number of carboxylic acid groups (broad SMARTS) is 1. The van der Waals surface area contributed by atoms with E-state index in [1.807, 2.05) is 60.9 Å². The summed E-state index contributed by atoms with van der Waals surface area (Å²) in [6.07, 6.45) is 9.91. The average molecular weight is 352 g/mol. The molecule has 0 bridgehead atoms. The van der Waals surface area contributed by atoms with Crippen molar-refractivity contribution in [3.8, 4) is 0 Å². The van der Waals surface area contributed by atoms with Crippen LogP contribution < -0.4 is 17.0 Å². The Bertz CT molecular complexity index is 654. The number of aryl methyl sites for hydroxylation is 1. The first-order valence-corrected chi connectivity index (χ1v) is 7.66. The Kier molecular flexibility index (Phi) is 8.38. The van der Waals surface area contributed by atoms with Gasteiger partial charge in [-0.1, -0.05) is 35.9 Å². The van der Waals surface area contributed by atoms with Crippen molar-refractivity contribution < 1.29 is 26.9 Å². The zero-order chi connectivity index (χ0) is 15.8. The number of hydrogen-bond donors (Lipinski definition) is 1. The molecule has 1 aromatic heterocycles. The molecule has 0 radical (unpaired) electrons. The van der Waals surface area contributed by atoms with Crippen molar-refractivity contribution in [2.24, 2.45) is 0 Å². The molecule has 1 heterocycles. The minimum absolute atomic E-state index is 0. The highest BCUT2D eigenvalue weighted by molar-refractivity contribution is 6.30. The number of benzene rings is 1. The maximum absolute atomic E-state index is 10.4. The second kappa shape index (κ2) is 10.0. The Morgan fingerprint density at radius 1 is 1.09 bits per heavy atom. The molecule has 5 heteroatoms. The lowest BCUT2D eigenvalue weighted by Crippen LogP contribution is -3.00. The molecule has 0 aliphatic carbocycles. The lowest BCUT2D eigenvalue weighted by molar-refractivity contribution is -0.697. The molecular formula is C18H19Cl2NO2. The fraction of sp³-hybridized carbons (Fsp3) is 0.222. The van der Waals surface area contributed by atoms with Gasteiger partial charge in [-0.3, -0.25) is 4.79 Å². The van der Waals surface area contributed by atoms with Crippen molar-refractivity contribution in [1.82, 2.24) is 0 Å². The van der Waals surface area contributed by atoms with E-state index in [9.17, 15) is 4.79 Å². The Labute approximate surface area is 147 Å². The van der Waals surface area contributed by atoms with Crippen LogP contribution in [0.5, 0.6) is 0 Å². The molecule has 1 aromatic carbocycles. The summed E-state index contributed by atoms with van der Waals surface area (Å²) in [5, 5.41) is 9.33. The number of unbranched alkanes of at least 4 members (excludes halogenated alkanes) is 1. The largest absolute Gasteiger partial charge is 1.00 e. The number of hydrogen-bond acceptors (Lipinski definition) is 1. The van der Waals surface area contributed by atoms with E-state index in [0.29, 0.717) is 6.42 Å². The number of nitrogens with zero attached hydrogens (tertiary/aromatic N) is 1. The summed E-state index contributed by atoms with van der Waals surface area (Å²) in [6.45, 7) is 0.839. The molecule has 0 amide bonds. The SMILES string of the molecule is O=C(O)CCCC[n+]1ccc(/C=C\c2cccc(Cl)c2)cc1.[Cl-]. The van der Waals surface area contributed by atoms with E-state index in [2.05, 4.69) is 4.57 Å². The van der Waals surface area contributed by atoms with Crippen molar-refractivity contribution in [2.75, 3.05) is 0 Å². The van der Waals surface area contributed by atoms with Crippen LogP contribution in [-0.4, -0.2) is 11.1 Å². The predicted octanol–water partition coefficient (Wildman–Crippen LogP) is 1.06. The smallest absolute Gasteiger partial charge is 0.303 e. The zero-order valence-electron chi connectivity index (χ0n) is 12.7. The monoisotopic (exact) mass is 351 g/mol. The third-order valence-corrected chi connectivity index (χ3v) is 3.53. The normalized spacial score (nSPS) is 10.5. The molecular weight excluding hydrogens is 333 g/mol. The second-order valence-corrected chi connectivity index (χ2v) is 5.54. The highest BCUT2D eigenvalue weighted by atomic mass is 35.5. The van der Waals surface area contributed by atoms with Crippen LogP contribution in [0.2, 0.25) is 5.02 Å². The lowest BCUT2D eigenvalue weighted by atomic mass is 10.1. The summed E-state index contributed by atoms with van der Waals surface area (Å²) in [5.74, 6) is -0.730. The molecule has 0 aliphatic heterocycles. The van der Waals surface area contributed by atoms with Gasteiger partial charge in [-0.25, -0.2) is 4.57 Å². The Morgan fingerprint density at radius 2 is 1.78 bits per heavy atom. The number of aliphatic carboxylic acids is 1. The molecule has 0 fully saturated rings. The van der Waals surface area contributed by atoms with Gasteiger partial charge in [0.1, 0.15) is 6.54 Å². The van der Waals surface area contributed by atoms with E-state index in [1.54, 1.807) is 0 Å². The van der Waals surface area contributed by atoms with Gasteiger partial charge in [-0.2, -0.15) is 0 Å². The van der Waals surface area contributed by atoms with E-state index in [1.165, 1.54) is 0 Å². The van der Waals surface area contributed by atoms with Crippen LogP contribution in [0.1, 0.15) is 30.4 Å². The number of pyridine rings is 1. The third kappa shape index (κ3) is 7.31. The van der Waals surface area contributed by atoms with Gasteiger partial charge in [0.2, 0.25) is 0 Å². The molecule has 0 unspecified atom stereocenters. The molecule has 3 nitrogen and oxygen atoms in total. The van der Waals surface area contributed by atoms with Crippen LogP contribution in [0.25, 0.3) is 12.2 Å².